The van der Waals surface area contributed by atoms with E-state index in [9.17, 15) is 18.3 Å². The third-order valence-electron chi connectivity index (χ3n) is 4.61. The average Bonchev–Trinajstić information content (AvgIpc) is 2.68. The summed E-state index contributed by atoms with van der Waals surface area (Å²) in [6.45, 7) is 4.21. The van der Waals surface area contributed by atoms with Crippen molar-refractivity contribution in [2.24, 2.45) is 4.99 Å². The molecular weight excluding hydrogens is 464 g/mol. The quantitative estimate of drug-likeness (QED) is 0.295. The lowest BCUT2D eigenvalue weighted by Gasteiger charge is -2.33. The summed E-state index contributed by atoms with van der Waals surface area (Å²) in [6, 6.07) is 4.38. The number of hydrogen-bond donors (Lipinski definition) is 1. The number of ether oxygens (including phenoxy) is 1. The molecule has 2 aromatic rings. The van der Waals surface area contributed by atoms with Crippen LogP contribution in [0.5, 0.6) is 5.75 Å². The summed E-state index contributed by atoms with van der Waals surface area (Å²) >= 11 is 17.7. The Morgan fingerprint density at radius 2 is 1.70 bits per heavy atom. The van der Waals surface area contributed by atoms with Gasteiger partial charge in [-0.25, -0.2) is 4.99 Å². The van der Waals surface area contributed by atoms with Crippen molar-refractivity contribution in [2.75, 3.05) is 20.7 Å². The molecule has 30 heavy (non-hydrogen) atoms. The summed E-state index contributed by atoms with van der Waals surface area (Å²) in [7, 11) is 3.01. The van der Waals surface area contributed by atoms with Gasteiger partial charge in [-0.05, 0) is 37.6 Å². The molecule has 1 unspecified atom stereocenters. The molecule has 0 radical (unpaired) electrons. The van der Waals surface area contributed by atoms with Crippen LogP contribution in [0.3, 0.4) is 0 Å². The monoisotopic (exact) mass is 482 g/mol. The van der Waals surface area contributed by atoms with Crippen LogP contribution in [0.4, 0.5) is 18.9 Å². The van der Waals surface area contributed by atoms with Crippen LogP contribution < -0.4 is 4.74 Å². The Morgan fingerprint density at radius 3 is 2.17 bits per heavy atom. The molecule has 164 valence electrons. The van der Waals surface area contributed by atoms with E-state index in [2.05, 4.69) is 4.99 Å². The van der Waals surface area contributed by atoms with Crippen LogP contribution >= 0.6 is 34.8 Å². The van der Waals surface area contributed by atoms with Gasteiger partial charge in [0.05, 0.1) is 34.2 Å². The van der Waals surface area contributed by atoms with Crippen molar-refractivity contribution in [3.05, 3.63) is 56.0 Å². The molecule has 0 aliphatic heterocycles. The van der Waals surface area contributed by atoms with Gasteiger partial charge in [-0.1, -0.05) is 34.8 Å². The number of aryl methyl sites for hydroxylation is 1. The second kappa shape index (κ2) is 9.22. The second-order valence-electron chi connectivity index (χ2n) is 6.62. The smallest absolute Gasteiger partial charge is 0.425 e. The number of benzene rings is 2. The van der Waals surface area contributed by atoms with Gasteiger partial charge in [-0.3, -0.25) is 0 Å². The van der Waals surface area contributed by atoms with Crippen LogP contribution in [0, 0.1) is 6.92 Å². The summed E-state index contributed by atoms with van der Waals surface area (Å²) in [5.41, 5.74) is -3.77. The largest absolute Gasteiger partial charge is 0.496 e. The van der Waals surface area contributed by atoms with Gasteiger partial charge in [0, 0.05) is 30.8 Å². The van der Waals surface area contributed by atoms with E-state index in [0.29, 0.717) is 17.8 Å². The number of rotatable bonds is 6. The predicted octanol–water partition coefficient (Wildman–Crippen LogP) is 6.37. The summed E-state index contributed by atoms with van der Waals surface area (Å²) in [4.78, 5) is 6.08. The fourth-order valence-corrected chi connectivity index (χ4v) is 3.34. The summed E-state index contributed by atoms with van der Waals surface area (Å²) in [5, 5.41) is 10.4. The van der Waals surface area contributed by atoms with E-state index in [1.807, 2.05) is 6.92 Å². The van der Waals surface area contributed by atoms with Crippen LogP contribution in [-0.4, -0.2) is 43.2 Å². The van der Waals surface area contributed by atoms with Crippen LogP contribution in [-0.2, 0) is 5.60 Å². The molecule has 0 bridgehead atoms. The number of alkyl halides is 3. The molecule has 0 saturated heterocycles. The Kier molecular flexibility index (Phi) is 7.56. The van der Waals surface area contributed by atoms with Gasteiger partial charge < -0.3 is 14.7 Å². The molecule has 0 saturated carbocycles. The first-order valence-electron chi connectivity index (χ1n) is 8.74. The highest BCUT2D eigenvalue weighted by molar-refractivity contribution is 6.48. The predicted molar refractivity (Wildman–Crippen MR) is 115 cm³/mol. The first-order valence-corrected chi connectivity index (χ1v) is 9.87. The van der Waals surface area contributed by atoms with Gasteiger partial charge in [0.25, 0.3) is 0 Å². The minimum Gasteiger partial charge on any atom is -0.496 e. The number of halogens is 6. The fraction of sp³-hybridized carbons (Fsp3) is 0.350. The molecule has 4 nitrogen and oxygen atoms in total. The highest BCUT2D eigenvalue weighted by atomic mass is 35.5. The van der Waals surface area contributed by atoms with Gasteiger partial charge in [0.15, 0.2) is 0 Å². The minimum atomic E-state index is -5.12. The maximum atomic E-state index is 14.2. The Morgan fingerprint density at radius 1 is 1.13 bits per heavy atom. The first kappa shape index (κ1) is 24.6. The Labute approximate surface area is 187 Å². The van der Waals surface area contributed by atoms with Crippen molar-refractivity contribution in [1.82, 2.24) is 4.90 Å². The van der Waals surface area contributed by atoms with Crippen molar-refractivity contribution < 1.29 is 23.0 Å². The maximum absolute atomic E-state index is 14.2. The van der Waals surface area contributed by atoms with Gasteiger partial charge in [0.2, 0.25) is 5.60 Å². The molecule has 0 aliphatic carbocycles. The number of methoxy groups -OCH3 is 1. The minimum absolute atomic E-state index is 0.112. The molecule has 0 amide bonds. The zero-order valence-electron chi connectivity index (χ0n) is 16.6. The molecule has 10 heteroatoms. The van der Waals surface area contributed by atoms with Crippen molar-refractivity contribution >= 4 is 46.8 Å². The summed E-state index contributed by atoms with van der Waals surface area (Å²) in [6.07, 6.45) is -3.57. The van der Waals surface area contributed by atoms with E-state index >= 15 is 0 Å². The molecule has 1 atom stereocenters. The van der Waals surface area contributed by atoms with E-state index in [-0.39, 0.29) is 20.8 Å². The zero-order valence-corrected chi connectivity index (χ0v) is 18.9. The molecule has 1 N–H and O–H groups in total. The molecular formula is C20H20Cl3F3N2O2. The Hall–Kier alpha value is -1.67. The van der Waals surface area contributed by atoms with Crippen molar-refractivity contribution in [3.8, 4) is 5.75 Å². The third-order valence-corrected chi connectivity index (χ3v) is 5.81. The molecule has 0 heterocycles. The number of aliphatic hydroxyl groups is 1. The fourth-order valence-electron chi connectivity index (χ4n) is 2.75. The lowest BCUT2D eigenvalue weighted by Crippen LogP contribution is -2.43. The van der Waals surface area contributed by atoms with Crippen LogP contribution in [0.1, 0.15) is 23.6 Å². The maximum Gasteiger partial charge on any atom is 0.425 e. The topological polar surface area (TPSA) is 45.1 Å². The number of nitrogens with zero attached hydrogens (tertiary/aromatic N) is 2. The van der Waals surface area contributed by atoms with Gasteiger partial charge >= 0.3 is 6.18 Å². The highest BCUT2D eigenvalue weighted by Crippen LogP contribution is 2.50. The van der Waals surface area contributed by atoms with Gasteiger partial charge in [-0.15, -0.1) is 0 Å². The van der Waals surface area contributed by atoms with E-state index in [1.54, 1.807) is 25.2 Å². The lowest BCUT2D eigenvalue weighted by atomic mass is 9.84. The van der Waals surface area contributed by atoms with E-state index in [1.165, 1.54) is 19.2 Å². The Balaban J connectivity index is 2.78. The van der Waals surface area contributed by atoms with Crippen molar-refractivity contribution in [1.29, 1.82) is 0 Å². The normalized spacial score (nSPS) is 14.1. The number of aliphatic imine (C=N–C) groups is 1. The van der Waals surface area contributed by atoms with E-state index in [0.717, 1.165) is 12.1 Å². The Bertz CT molecular complexity index is 944. The van der Waals surface area contributed by atoms with E-state index < -0.39 is 22.9 Å². The lowest BCUT2D eigenvalue weighted by molar-refractivity contribution is -0.248. The van der Waals surface area contributed by atoms with Crippen LogP contribution in [0.15, 0.2) is 29.3 Å². The summed E-state index contributed by atoms with van der Waals surface area (Å²) in [5.74, 6) is -0.200. The SMILES string of the molecule is CCN(C)C=Nc1cc(OC)c(C(O)(c2cc(Cl)c(Cl)c(Cl)c2)C(F)(F)F)cc1C. The molecule has 0 spiro atoms. The first-order chi connectivity index (χ1) is 13.9. The zero-order chi connectivity index (χ0) is 22.9. The average molecular weight is 484 g/mol. The van der Waals surface area contributed by atoms with Crippen LogP contribution in [0.2, 0.25) is 15.1 Å². The standard InChI is InChI=1S/C20H20Cl3F3N2O2/c1-5-28(3)10-27-16-9-17(30-4)13(6-11(16)2)19(29,20(24,25)26)12-7-14(21)18(23)15(22)8-12/h6-10,29H,5H2,1-4H3. The highest BCUT2D eigenvalue weighted by Gasteiger charge is 2.58. The van der Waals surface area contributed by atoms with Gasteiger partial charge in [0.1, 0.15) is 5.75 Å². The van der Waals surface area contributed by atoms with Crippen LogP contribution in [0.25, 0.3) is 0 Å². The molecule has 0 aliphatic rings. The van der Waals surface area contributed by atoms with Crippen molar-refractivity contribution in [2.45, 2.75) is 25.6 Å². The molecule has 0 fully saturated rings. The summed E-state index contributed by atoms with van der Waals surface area (Å²) < 4.78 is 47.9. The number of hydrogen-bond acceptors (Lipinski definition) is 3. The molecule has 2 aromatic carbocycles. The van der Waals surface area contributed by atoms with Gasteiger partial charge in [-0.2, -0.15) is 13.2 Å². The van der Waals surface area contributed by atoms with E-state index in [4.69, 9.17) is 39.5 Å². The third kappa shape index (κ3) is 4.64. The molecule has 0 aromatic heterocycles. The second-order valence-corrected chi connectivity index (χ2v) is 7.81. The van der Waals surface area contributed by atoms with Crippen molar-refractivity contribution in [3.63, 3.8) is 0 Å². The molecule has 2 rings (SSSR count).